The molecule has 116 valence electrons. The molecular weight excluding hydrogens is 287 g/mol. The maximum Gasteiger partial charge on any atom is 0.433 e. The van der Waals surface area contributed by atoms with Gasteiger partial charge in [-0.15, -0.1) is 0 Å². The summed E-state index contributed by atoms with van der Waals surface area (Å²) in [6.45, 7) is 3.45. The summed E-state index contributed by atoms with van der Waals surface area (Å²) < 4.78 is 37.4. The fraction of sp³-hybridized carbons (Fsp3) is 0.462. The van der Waals surface area contributed by atoms with Crippen LogP contribution in [-0.2, 0) is 11.0 Å². The van der Waals surface area contributed by atoms with Gasteiger partial charge in [-0.2, -0.15) is 13.2 Å². The lowest BCUT2D eigenvalue weighted by Gasteiger charge is -2.10. The molecule has 0 aliphatic heterocycles. The lowest BCUT2D eigenvalue weighted by molar-refractivity contribution is -0.141. The fourth-order valence-corrected chi connectivity index (χ4v) is 1.54. The molecule has 0 unspecified atom stereocenters. The van der Waals surface area contributed by atoms with E-state index in [0.717, 1.165) is 18.6 Å². The molecule has 5 nitrogen and oxygen atoms in total. The Bertz CT molecular complexity index is 530. The van der Waals surface area contributed by atoms with Gasteiger partial charge < -0.3 is 10.6 Å². The average molecular weight is 303 g/mol. The number of rotatable bonds is 5. The summed E-state index contributed by atoms with van der Waals surface area (Å²) in [6.07, 6.45) is -3.79. The molecule has 0 fully saturated rings. The van der Waals surface area contributed by atoms with Gasteiger partial charge in [-0.25, -0.2) is 4.98 Å². The summed E-state index contributed by atoms with van der Waals surface area (Å²) in [5.74, 6) is -0.997. The number of alkyl halides is 3. The van der Waals surface area contributed by atoms with E-state index in [1.165, 1.54) is 6.92 Å². The summed E-state index contributed by atoms with van der Waals surface area (Å²) in [4.78, 5) is 26.5. The highest BCUT2D eigenvalue weighted by molar-refractivity contribution is 5.97. The van der Waals surface area contributed by atoms with Crippen LogP contribution < -0.4 is 10.6 Å². The Hall–Kier alpha value is -2.12. The number of carbonyl (C=O) groups excluding carboxylic acids is 2. The molecule has 0 aliphatic carbocycles. The number of hydrogen-bond donors (Lipinski definition) is 2. The van der Waals surface area contributed by atoms with Crippen LogP contribution in [0.2, 0.25) is 0 Å². The van der Waals surface area contributed by atoms with E-state index in [2.05, 4.69) is 15.6 Å². The Morgan fingerprint density at radius 3 is 2.43 bits per heavy atom. The van der Waals surface area contributed by atoms with Crippen LogP contribution in [0.1, 0.15) is 35.1 Å². The van der Waals surface area contributed by atoms with Crippen molar-refractivity contribution in [2.45, 2.75) is 26.4 Å². The lowest BCUT2D eigenvalue weighted by Crippen LogP contribution is -2.37. The average Bonchev–Trinajstić information content (AvgIpc) is 2.41. The van der Waals surface area contributed by atoms with Crippen molar-refractivity contribution < 1.29 is 22.8 Å². The monoisotopic (exact) mass is 303 g/mol. The van der Waals surface area contributed by atoms with Crippen molar-refractivity contribution >= 4 is 11.8 Å². The van der Waals surface area contributed by atoms with Crippen LogP contribution in [0.4, 0.5) is 13.2 Å². The number of nitrogens with zero attached hydrogens (tertiary/aromatic N) is 1. The van der Waals surface area contributed by atoms with E-state index in [0.29, 0.717) is 6.54 Å². The second-order valence-corrected chi connectivity index (χ2v) is 4.36. The molecule has 0 saturated carbocycles. The summed E-state index contributed by atoms with van der Waals surface area (Å²) in [5.41, 5.74) is -1.10. The highest BCUT2D eigenvalue weighted by Crippen LogP contribution is 2.28. The van der Waals surface area contributed by atoms with Crippen molar-refractivity contribution in [2.24, 2.45) is 0 Å². The molecule has 0 spiro atoms. The molecule has 2 N–H and O–H groups in total. The smallest absolute Gasteiger partial charge is 0.355 e. The Kier molecular flexibility index (Phi) is 5.69. The zero-order chi connectivity index (χ0) is 16.0. The van der Waals surface area contributed by atoms with Crippen LogP contribution in [0.3, 0.4) is 0 Å². The molecule has 1 heterocycles. The van der Waals surface area contributed by atoms with E-state index >= 15 is 0 Å². The highest BCUT2D eigenvalue weighted by Gasteiger charge is 2.33. The summed E-state index contributed by atoms with van der Waals surface area (Å²) >= 11 is 0. The number of halogens is 3. The van der Waals surface area contributed by atoms with Crippen molar-refractivity contribution in [2.75, 3.05) is 13.1 Å². The van der Waals surface area contributed by atoms with Gasteiger partial charge in [0, 0.05) is 6.54 Å². The summed E-state index contributed by atoms with van der Waals surface area (Å²) in [7, 11) is 0. The molecule has 1 aromatic heterocycles. The number of hydrogen-bond acceptors (Lipinski definition) is 3. The Morgan fingerprint density at radius 1 is 1.24 bits per heavy atom. The molecule has 0 atom stereocenters. The third-order valence-electron chi connectivity index (χ3n) is 2.60. The van der Waals surface area contributed by atoms with Crippen molar-refractivity contribution in [1.29, 1.82) is 0 Å². The number of aryl methyl sites for hydroxylation is 1. The topological polar surface area (TPSA) is 71.1 Å². The van der Waals surface area contributed by atoms with Crippen molar-refractivity contribution in [1.82, 2.24) is 15.6 Å². The van der Waals surface area contributed by atoms with E-state index in [1.54, 1.807) is 0 Å². The maximum atomic E-state index is 12.5. The number of nitrogens with one attached hydrogen (secondary N) is 2. The van der Waals surface area contributed by atoms with Crippen LogP contribution in [0.5, 0.6) is 0 Å². The van der Waals surface area contributed by atoms with Crippen molar-refractivity contribution in [3.05, 3.63) is 29.1 Å². The zero-order valence-corrected chi connectivity index (χ0v) is 11.7. The Labute approximate surface area is 119 Å². The molecular formula is C13H16F3N3O2. The second-order valence-electron chi connectivity index (χ2n) is 4.36. The SMILES string of the molecule is CCCNC(=O)CNC(=O)c1ccc(C(F)(F)F)nc1C. The first-order valence-electron chi connectivity index (χ1n) is 6.35. The summed E-state index contributed by atoms with van der Waals surface area (Å²) in [5, 5.41) is 4.90. The minimum absolute atomic E-state index is 0.00583. The number of pyridine rings is 1. The van der Waals surface area contributed by atoms with E-state index in [9.17, 15) is 22.8 Å². The van der Waals surface area contributed by atoms with Gasteiger partial charge in [-0.3, -0.25) is 9.59 Å². The first kappa shape index (κ1) is 16.9. The normalized spacial score (nSPS) is 11.1. The Balaban J connectivity index is 2.69. The number of carbonyl (C=O) groups is 2. The highest BCUT2D eigenvalue weighted by atomic mass is 19.4. The van der Waals surface area contributed by atoms with Gasteiger partial charge in [0.05, 0.1) is 17.8 Å². The van der Waals surface area contributed by atoms with E-state index in [4.69, 9.17) is 0 Å². The van der Waals surface area contributed by atoms with Crippen LogP contribution in [0.25, 0.3) is 0 Å². The molecule has 0 bridgehead atoms. The maximum absolute atomic E-state index is 12.5. The van der Waals surface area contributed by atoms with Crippen molar-refractivity contribution in [3.8, 4) is 0 Å². The molecule has 0 radical (unpaired) electrons. The van der Waals surface area contributed by atoms with Crippen LogP contribution in [0.15, 0.2) is 12.1 Å². The molecule has 0 aromatic carbocycles. The minimum Gasteiger partial charge on any atom is -0.355 e. The van der Waals surface area contributed by atoms with Crippen molar-refractivity contribution in [3.63, 3.8) is 0 Å². The predicted octanol–water partition coefficient (Wildman–Crippen LogP) is 1.66. The number of amides is 2. The zero-order valence-electron chi connectivity index (χ0n) is 11.7. The molecule has 1 rings (SSSR count). The van der Waals surface area contributed by atoms with Gasteiger partial charge in [0.15, 0.2) is 0 Å². The van der Waals surface area contributed by atoms with Gasteiger partial charge in [0.25, 0.3) is 5.91 Å². The van der Waals surface area contributed by atoms with Crippen LogP contribution >= 0.6 is 0 Å². The molecule has 1 aromatic rings. The fourth-order valence-electron chi connectivity index (χ4n) is 1.54. The molecule has 21 heavy (non-hydrogen) atoms. The van der Waals surface area contributed by atoms with Gasteiger partial charge >= 0.3 is 6.18 Å². The van der Waals surface area contributed by atoms with Gasteiger partial charge in [-0.1, -0.05) is 6.92 Å². The third-order valence-corrected chi connectivity index (χ3v) is 2.60. The molecule has 0 saturated heterocycles. The minimum atomic E-state index is -4.56. The van der Waals surface area contributed by atoms with E-state index in [1.807, 2.05) is 6.92 Å². The molecule has 8 heteroatoms. The summed E-state index contributed by atoms with van der Waals surface area (Å²) in [6, 6.07) is 1.78. The van der Waals surface area contributed by atoms with Crippen LogP contribution in [0, 0.1) is 6.92 Å². The third kappa shape index (κ3) is 5.05. The van der Waals surface area contributed by atoms with Crippen LogP contribution in [-0.4, -0.2) is 29.9 Å². The standard InChI is InChI=1S/C13H16F3N3O2/c1-3-6-17-11(20)7-18-12(21)9-4-5-10(13(14,15)16)19-8(9)2/h4-5H,3,6-7H2,1-2H3,(H,17,20)(H,18,21). The predicted molar refractivity (Wildman–Crippen MR) is 69.6 cm³/mol. The van der Waals surface area contributed by atoms with E-state index < -0.39 is 17.8 Å². The molecule has 2 amide bonds. The van der Waals surface area contributed by atoms with E-state index in [-0.39, 0.29) is 23.7 Å². The second kappa shape index (κ2) is 7.05. The number of aromatic nitrogens is 1. The largest absolute Gasteiger partial charge is 0.433 e. The van der Waals surface area contributed by atoms with Gasteiger partial charge in [-0.05, 0) is 25.5 Å². The van der Waals surface area contributed by atoms with Gasteiger partial charge in [0.1, 0.15) is 5.69 Å². The molecule has 0 aliphatic rings. The Morgan fingerprint density at radius 2 is 1.90 bits per heavy atom. The first-order valence-corrected chi connectivity index (χ1v) is 6.35. The first-order chi connectivity index (χ1) is 9.75. The lowest BCUT2D eigenvalue weighted by atomic mass is 10.1. The quantitative estimate of drug-likeness (QED) is 0.869. The van der Waals surface area contributed by atoms with Gasteiger partial charge in [0.2, 0.25) is 5.91 Å².